The monoisotopic (exact) mass is 1020 g/mol. The highest BCUT2D eigenvalue weighted by atomic mass is 32.2. The molecule has 0 bridgehead atoms. The van der Waals surface area contributed by atoms with Gasteiger partial charge in [-0.15, -0.1) is 0 Å². The largest absolute Gasteiger partial charge is 0.514 e. The molecule has 0 aliphatic rings. The molecule has 0 aliphatic heterocycles. The van der Waals surface area contributed by atoms with Gasteiger partial charge in [0.05, 0.1) is 60.4 Å². The Morgan fingerprint density at radius 3 is 1.35 bits per heavy atom. The van der Waals surface area contributed by atoms with Gasteiger partial charge in [-0.1, -0.05) is 80.6 Å². The van der Waals surface area contributed by atoms with Crippen LogP contribution in [-0.2, 0) is 14.9 Å². The van der Waals surface area contributed by atoms with E-state index in [1.807, 2.05) is 13.8 Å². The summed E-state index contributed by atoms with van der Waals surface area (Å²) in [5.74, 6) is -1.33. The zero-order chi connectivity index (χ0) is 54.5. The lowest BCUT2D eigenvalue weighted by Crippen LogP contribution is -2.18. The molecule has 0 N–H and O–H groups in total. The molecule has 390 valence electrons. The molecular weight excluding hydrogens is 965 g/mol. The summed E-state index contributed by atoms with van der Waals surface area (Å²) in [5, 5.41) is 66.2. The first kappa shape index (κ1) is 61.4. The number of ether oxygens (including phenoxy) is 5. The molecular formula is C44H58N6O20S. The number of hydrogen-bond acceptors (Lipinski definition) is 21. The Bertz CT molecular complexity index is 2440. The van der Waals surface area contributed by atoms with Crippen LogP contribution in [0.5, 0.6) is 17.2 Å². The number of unbranched alkanes of at least 4 members (excludes halogenated alkanes) is 3. The van der Waals surface area contributed by atoms with Crippen LogP contribution in [0.1, 0.15) is 143 Å². The summed E-state index contributed by atoms with van der Waals surface area (Å²) in [4.78, 5) is 97.2. The van der Waals surface area contributed by atoms with Crippen LogP contribution in [-0.4, -0.2) is 66.1 Å². The van der Waals surface area contributed by atoms with Crippen molar-refractivity contribution in [2.45, 2.75) is 138 Å². The summed E-state index contributed by atoms with van der Waals surface area (Å²) in [6, 6.07) is 5.98. The molecule has 0 aliphatic carbocycles. The topological polar surface area (TPSA) is 356 Å². The van der Waals surface area contributed by atoms with Crippen LogP contribution in [0.4, 0.5) is 48.5 Å². The smallest absolute Gasteiger partial charge is 0.434 e. The summed E-state index contributed by atoms with van der Waals surface area (Å²) in [7, 11) is 0. The van der Waals surface area contributed by atoms with E-state index >= 15 is 0 Å². The molecule has 3 rings (SSSR count). The van der Waals surface area contributed by atoms with Crippen LogP contribution in [0, 0.1) is 60.7 Å². The number of nitro groups is 6. The zero-order valence-electron chi connectivity index (χ0n) is 41.1. The predicted molar refractivity (Wildman–Crippen MR) is 258 cm³/mol. The van der Waals surface area contributed by atoms with Gasteiger partial charge in [-0.2, -0.15) is 0 Å². The van der Waals surface area contributed by atoms with Crippen molar-refractivity contribution < 1.29 is 67.6 Å². The van der Waals surface area contributed by atoms with E-state index in [2.05, 4.69) is 11.7 Å². The molecule has 0 spiro atoms. The molecule has 0 aromatic heterocycles. The summed E-state index contributed by atoms with van der Waals surface area (Å²) in [6.45, 7) is 17.4. The number of non-ortho nitro benzene ring substituents is 3. The fourth-order valence-electron chi connectivity index (χ4n) is 6.46. The third kappa shape index (κ3) is 19.4. The van der Waals surface area contributed by atoms with Gasteiger partial charge in [-0.25, -0.2) is 14.4 Å². The minimum absolute atomic E-state index is 0.0322. The van der Waals surface area contributed by atoms with Crippen molar-refractivity contribution in [2.24, 2.45) is 0 Å². The Morgan fingerprint density at radius 2 is 0.972 bits per heavy atom. The van der Waals surface area contributed by atoms with E-state index in [0.717, 1.165) is 68.1 Å². The second-order valence-electron chi connectivity index (χ2n) is 16.7. The fourth-order valence-corrected chi connectivity index (χ4v) is 6.62. The quantitative estimate of drug-likeness (QED) is 0.0333. The summed E-state index contributed by atoms with van der Waals surface area (Å²) in [5.41, 5.74) is -3.12. The third-order valence-corrected chi connectivity index (χ3v) is 10.3. The Kier molecular flexibility index (Phi) is 24.9. The zero-order valence-corrected chi connectivity index (χ0v) is 41.9. The van der Waals surface area contributed by atoms with Crippen molar-refractivity contribution in [1.82, 2.24) is 0 Å². The maximum absolute atomic E-state index is 11.7. The molecule has 3 aromatic rings. The number of hydrogen-bond donors (Lipinski definition) is 0. The van der Waals surface area contributed by atoms with Gasteiger partial charge in [0.25, 0.3) is 17.1 Å². The molecule has 0 heterocycles. The molecule has 26 nitrogen and oxygen atoms in total. The third-order valence-electron chi connectivity index (χ3n) is 9.84. The lowest BCUT2D eigenvalue weighted by molar-refractivity contribution is -0.395. The van der Waals surface area contributed by atoms with Crippen molar-refractivity contribution in [1.29, 1.82) is 0 Å². The fraction of sp³-hybridized carbons (Fsp3) is 0.523. The molecule has 0 fully saturated rings. The van der Waals surface area contributed by atoms with Crippen LogP contribution >= 0.6 is 11.8 Å². The lowest BCUT2D eigenvalue weighted by Gasteiger charge is -2.21. The second-order valence-corrected chi connectivity index (χ2v) is 17.4. The normalized spacial score (nSPS) is 11.5. The van der Waals surface area contributed by atoms with Crippen LogP contribution < -0.4 is 14.2 Å². The highest BCUT2D eigenvalue weighted by molar-refractivity contribution is 8.12. The molecule has 3 aromatic carbocycles. The van der Waals surface area contributed by atoms with E-state index in [-0.39, 0.29) is 52.5 Å². The standard InChI is InChI=1S/C16H22N2O6S.C15H20N2O7.C13H16N2O7/c1-4-5-6-7-8-11(2)13-9-12(17(20)21)10-14(18(22)23)15(13)24-16(19)25-3;1-5-6-10(4)12-7-11(16(19)20)8-13(17(21)22)14(12)24-15(18)23-9(2)3;1-5-21-12(16)22-11-9(13(2,3)4)6-8(14(17)18)7-10(11)15(19)20/h9-11H,4-8H2,1-3H3;7-10H,5-6H2,1-4H3;6-7H,5H2,1-4H3. The van der Waals surface area contributed by atoms with Gasteiger partial charge < -0.3 is 23.7 Å². The van der Waals surface area contributed by atoms with Crippen LogP contribution in [0.2, 0.25) is 0 Å². The number of carbonyl (C=O) groups is 3. The Morgan fingerprint density at radius 1 is 0.549 bits per heavy atom. The SMILES string of the molecule is CCCC(C)c1cc([N+](=O)[O-])cc([N+](=O)[O-])c1OC(=O)OC(C)C.CCCCCCC(C)c1cc([N+](=O)[O-])cc([N+](=O)[O-])c1OC(=O)SC.CCOC(=O)Oc1c([N+](=O)[O-])cc([N+](=O)[O-])cc1C(C)(C)C. The second kappa shape index (κ2) is 28.8. The first-order valence-corrected chi connectivity index (χ1v) is 23.2. The molecule has 0 saturated carbocycles. The number of nitrogens with zero attached hydrogens (tertiary/aromatic N) is 6. The van der Waals surface area contributed by atoms with E-state index in [0.29, 0.717) is 18.4 Å². The van der Waals surface area contributed by atoms with E-state index in [9.17, 15) is 75.1 Å². The summed E-state index contributed by atoms with van der Waals surface area (Å²) in [6.07, 6.45) is 4.96. The average Bonchev–Trinajstić information content (AvgIpc) is 3.27. The molecule has 0 radical (unpaired) electrons. The molecule has 71 heavy (non-hydrogen) atoms. The Balaban J connectivity index is 0.000000534. The maximum atomic E-state index is 11.7. The maximum Gasteiger partial charge on any atom is 0.514 e. The number of carbonyl (C=O) groups excluding carboxylic acids is 3. The van der Waals surface area contributed by atoms with Crippen LogP contribution in [0.25, 0.3) is 0 Å². The van der Waals surface area contributed by atoms with E-state index in [1.165, 1.54) is 18.4 Å². The van der Waals surface area contributed by atoms with Gasteiger partial charge >= 0.3 is 34.7 Å². The minimum Gasteiger partial charge on any atom is -0.434 e. The molecule has 0 saturated heterocycles. The summed E-state index contributed by atoms with van der Waals surface area (Å²) >= 11 is 0.778. The number of thioether (sulfide) groups is 1. The van der Waals surface area contributed by atoms with E-state index < -0.39 is 87.1 Å². The highest BCUT2D eigenvalue weighted by Crippen LogP contribution is 2.44. The lowest BCUT2D eigenvalue weighted by atomic mass is 9.85. The van der Waals surface area contributed by atoms with E-state index in [1.54, 1.807) is 48.5 Å². The first-order valence-electron chi connectivity index (χ1n) is 22.0. The first-order chi connectivity index (χ1) is 33.1. The van der Waals surface area contributed by atoms with Crippen molar-refractivity contribution in [3.05, 3.63) is 114 Å². The van der Waals surface area contributed by atoms with Gasteiger partial charge in [-0.3, -0.25) is 60.7 Å². The van der Waals surface area contributed by atoms with Crippen LogP contribution in [0.3, 0.4) is 0 Å². The molecule has 27 heteroatoms. The number of rotatable bonds is 20. The van der Waals surface area contributed by atoms with Crippen LogP contribution in [0.15, 0.2) is 36.4 Å². The van der Waals surface area contributed by atoms with Crippen molar-refractivity contribution in [2.75, 3.05) is 12.9 Å². The minimum atomic E-state index is -1.11. The molecule has 2 atom stereocenters. The van der Waals surface area contributed by atoms with Crippen molar-refractivity contribution >= 4 is 63.5 Å². The average molecular weight is 1020 g/mol. The van der Waals surface area contributed by atoms with Gasteiger partial charge in [0.2, 0.25) is 17.2 Å². The van der Waals surface area contributed by atoms with Crippen molar-refractivity contribution in [3.63, 3.8) is 0 Å². The summed E-state index contributed by atoms with van der Waals surface area (Å²) < 4.78 is 24.5. The van der Waals surface area contributed by atoms with Gasteiger partial charge in [0.1, 0.15) is 0 Å². The Hall–Kier alpha value is -7.58. The predicted octanol–water partition coefficient (Wildman–Crippen LogP) is 13.1. The van der Waals surface area contributed by atoms with Crippen molar-refractivity contribution in [3.8, 4) is 17.2 Å². The van der Waals surface area contributed by atoms with E-state index in [4.69, 9.17) is 18.9 Å². The highest BCUT2D eigenvalue weighted by Gasteiger charge is 2.34. The Labute approximate surface area is 411 Å². The van der Waals surface area contributed by atoms with Gasteiger partial charge in [-0.05, 0) is 68.9 Å². The number of nitro benzene ring substituents is 6. The van der Waals surface area contributed by atoms with Gasteiger partial charge in [0.15, 0.2) is 0 Å². The van der Waals surface area contributed by atoms with Gasteiger partial charge in [0, 0.05) is 34.9 Å². The molecule has 0 amide bonds. The molecule has 2 unspecified atom stereocenters. The number of benzene rings is 3.